The van der Waals surface area contributed by atoms with Crippen molar-refractivity contribution in [3.63, 3.8) is 0 Å². The average molecular weight is 273 g/mol. The molecule has 5 nitrogen and oxygen atoms in total. The number of ether oxygens (including phenoxy) is 2. The van der Waals surface area contributed by atoms with Crippen molar-refractivity contribution in [1.82, 2.24) is 15.1 Å². The van der Waals surface area contributed by atoms with Crippen molar-refractivity contribution in [3.8, 4) is 11.5 Å². The van der Waals surface area contributed by atoms with Crippen molar-refractivity contribution >= 4 is 0 Å². The first kappa shape index (κ1) is 13.0. The second-order valence-electron chi connectivity index (χ2n) is 5.10. The maximum absolute atomic E-state index is 5.40. The number of H-pyrrole nitrogens is 1. The van der Waals surface area contributed by atoms with Gasteiger partial charge in [-0.1, -0.05) is 6.07 Å². The van der Waals surface area contributed by atoms with E-state index < -0.39 is 0 Å². The number of aromatic amines is 1. The number of aromatic nitrogens is 2. The van der Waals surface area contributed by atoms with Crippen LogP contribution in [0.4, 0.5) is 0 Å². The summed E-state index contributed by atoms with van der Waals surface area (Å²) in [5.41, 5.74) is 2.53. The van der Waals surface area contributed by atoms with Gasteiger partial charge in [0.2, 0.25) is 6.79 Å². The van der Waals surface area contributed by atoms with Crippen molar-refractivity contribution in [2.24, 2.45) is 0 Å². The van der Waals surface area contributed by atoms with Crippen molar-refractivity contribution in [3.05, 3.63) is 41.7 Å². The minimum absolute atomic E-state index is 0.337. The van der Waals surface area contributed by atoms with Crippen LogP contribution < -0.4 is 9.47 Å². The SMILES string of the molecule is CN(CCc1cn[nH]c1)CCc1ccc2c(c1)OCO2. The predicted octanol–water partition coefficient (Wildman–Crippen LogP) is 1.86. The molecule has 2 heterocycles. The van der Waals surface area contributed by atoms with E-state index in [0.29, 0.717) is 6.79 Å². The number of likely N-dealkylation sites (N-methyl/N-ethyl adjacent to an activating group) is 1. The summed E-state index contributed by atoms with van der Waals surface area (Å²) in [4.78, 5) is 2.33. The van der Waals surface area contributed by atoms with Gasteiger partial charge in [-0.25, -0.2) is 0 Å². The highest BCUT2D eigenvalue weighted by atomic mass is 16.7. The lowest BCUT2D eigenvalue weighted by molar-refractivity contribution is 0.174. The summed E-state index contributed by atoms with van der Waals surface area (Å²) in [6.07, 6.45) is 5.87. The fourth-order valence-electron chi connectivity index (χ4n) is 2.26. The summed E-state index contributed by atoms with van der Waals surface area (Å²) in [7, 11) is 2.15. The molecular formula is C15H19N3O2. The third-order valence-corrected chi connectivity index (χ3v) is 3.56. The first-order chi connectivity index (χ1) is 9.81. The van der Waals surface area contributed by atoms with E-state index in [1.165, 1.54) is 11.1 Å². The maximum atomic E-state index is 5.40. The van der Waals surface area contributed by atoms with E-state index in [4.69, 9.17) is 9.47 Å². The quantitative estimate of drug-likeness (QED) is 0.872. The Bertz CT molecular complexity index is 554. The van der Waals surface area contributed by atoms with Crippen molar-refractivity contribution in [2.75, 3.05) is 26.9 Å². The molecule has 0 saturated carbocycles. The van der Waals surface area contributed by atoms with Gasteiger partial charge in [-0.2, -0.15) is 5.10 Å². The molecule has 20 heavy (non-hydrogen) atoms. The molecule has 0 bridgehead atoms. The standard InChI is InChI=1S/C15H19N3O2/c1-18(7-5-13-9-16-17-10-13)6-4-12-2-3-14-15(8-12)20-11-19-14/h2-3,8-10H,4-7,11H2,1H3,(H,16,17). The molecule has 2 aromatic rings. The lowest BCUT2D eigenvalue weighted by atomic mass is 10.1. The van der Waals surface area contributed by atoms with Crippen LogP contribution in [0.25, 0.3) is 0 Å². The molecule has 106 valence electrons. The first-order valence-electron chi connectivity index (χ1n) is 6.86. The number of nitrogens with one attached hydrogen (secondary N) is 1. The summed E-state index contributed by atoms with van der Waals surface area (Å²) >= 11 is 0. The van der Waals surface area contributed by atoms with E-state index in [-0.39, 0.29) is 0 Å². The molecule has 0 radical (unpaired) electrons. The first-order valence-corrected chi connectivity index (χ1v) is 6.86. The Morgan fingerprint density at radius 2 is 1.95 bits per heavy atom. The van der Waals surface area contributed by atoms with E-state index >= 15 is 0 Å². The fourth-order valence-corrected chi connectivity index (χ4v) is 2.26. The highest BCUT2D eigenvalue weighted by molar-refractivity contribution is 5.44. The zero-order chi connectivity index (χ0) is 13.8. The molecule has 1 aromatic heterocycles. The molecule has 1 aliphatic heterocycles. The topological polar surface area (TPSA) is 50.4 Å². The minimum Gasteiger partial charge on any atom is -0.454 e. The number of hydrogen-bond donors (Lipinski definition) is 1. The Morgan fingerprint density at radius 3 is 2.75 bits per heavy atom. The van der Waals surface area contributed by atoms with Crippen LogP contribution in [0.1, 0.15) is 11.1 Å². The van der Waals surface area contributed by atoms with Gasteiger partial charge in [0.1, 0.15) is 0 Å². The largest absolute Gasteiger partial charge is 0.454 e. The predicted molar refractivity (Wildman–Crippen MR) is 76.1 cm³/mol. The van der Waals surface area contributed by atoms with Crippen molar-refractivity contribution in [2.45, 2.75) is 12.8 Å². The minimum atomic E-state index is 0.337. The molecule has 0 fully saturated rings. The van der Waals surface area contributed by atoms with Crippen LogP contribution in [0, 0.1) is 0 Å². The lowest BCUT2D eigenvalue weighted by Crippen LogP contribution is -2.23. The van der Waals surface area contributed by atoms with Gasteiger partial charge in [-0.05, 0) is 43.1 Å². The highest BCUT2D eigenvalue weighted by Crippen LogP contribution is 2.32. The zero-order valence-electron chi connectivity index (χ0n) is 11.6. The fraction of sp³-hybridized carbons (Fsp3) is 0.400. The molecule has 0 amide bonds. The van der Waals surface area contributed by atoms with Crippen LogP contribution in [0.5, 0.6) is 11.5 Å². The van der Waals surface area contributed by atoms with Gasteiger partial charge in [0.25, 0.3) is 0 Å². The highest BCUT2D eigenvalue weighted by Gasteiger charge is 2.13. The smallest absolute Gasteiger partial charge is 0.231 e. The summed E-state index contributed by atoms with van der Waals surface area (Å²) in [6, 6.07) is 6.17. The van der Waals surface area contributed by atoms with Crippen molar-refractivity contribution in [1.29, 1.82) is 0 Å². The molecule has 0 unspecified atom stereocenters. The molecule has 1 aromatic carbocycles. The number of benzene rings is 1. The molecule has 0 aliphatic carbocycles. The van der Waals surface area contributed by atoms with E-state index in [0.717, 1.165) is 37.4 Å². The molecular weight excluding hydrogens is 254 g/mol. The van der Waals surface area contributed by atoms with E-state index in [9.17, 15) is 0 Å². The molecule has 0 spiro atoms. The average Bonchev–Trinajstić information content (AvgIpc) is 3.13. The Morgan fingerprint density at radius 1 is 1.15 bits per heavy atom. The Kier molecular flexibility index (Phi) is 3.87. The maximum Gasteiger partial charge on any atom is 0.231 e. The molecule has 5 heteroatoms. The lowest BCUT2D eigenvalue weighted by Gasteiger charge is -2.16. The van der Waals surface area contributed by atoms with Gasteiger partial charge in [0, 0.05) is 19.3 Å². The third-order valence-electron chi connectivity index (χ3n) is 3.56. The van der Waals surface area contributed by atoms with Gasteiger partial charge in [-0.3, -0.25) is 5.10 Å². The molecule has 1 aliphatic rings. The van der Waals surface area contributed by atoms with Gasteiger partial charge >= 0.3 is 0 Å². The molecule has 0 atom stereocenters. The van der Waals surface area contributed by atoms with Crippen LogP contribution in [0.2, 0.25) is 0 Å². The van der Waals surface area contributed by atoms with Crippen molar-refractivity contribution < 1.29 is 9.47 Å². The zero-order valence-corrected chi connectivity index (χ0v) is 11.6. The summed E-state index contributed by atoms with van der Waals surface area (Å²) in [5, 5.41) is 6.80. The Balaban J connectivity index is 1.46. The molecule has 1 N–H and O–H groups in total. The van der Waals surface area contributed by atoms with Gasteiger partial charge in [0.15, 0.2) is 11.5 Å². The third kappa shape index (κ3) is 3.11. The number of rotatable bonds is 6. The van der Waals surface area contributed by atoms with E-state index in [1.807, 2.05) is 18.5 Å². The van der Waals surface area contributed by atoms with Gasteiger partial charge < -0.3 is 14.4 Å². The van der Waals surface area contributed by atoms with E-state index in [2.05, 4.69) is 34.3 Å². The van der Waals surface area contributed by atoms with Crippen LogP contribution in [-0.4, -0.2) is 42.0 Å². The van der Waals surface area contributed by atoms with Crippen LogP contribution in [0.15, 0.2) is 30.6 Å². The van der Waals surface area contributed by atoms with Gasteiger partial charge in [-0.15, -0.1) is 0 Å². The molecule has 3 rings (SSSR count). The van der Waals surface area contributed by atoms with Crippen LogP contribution in [0.3, 0.4) is 0 Å². The number of fused-ring (bicyclic) bond motifs is 1. The number of nitrogens with zero attached hydrogens (tertiary/aromatic N) is 2. The monoisotopic (exact) mass is 273 g/mol. The second-order valence-corrected chi connectivity index (χ2v) is 5.10. The number of hydrogen-bond acceptors (Lipinski definition) is 4. The second kappa shape index (κ2) is 5.96. The van der Waals surface area contributed by atoms with Crippen LogP contribution >= 0.6 is 0 Å². The van der Waals surface area contributed by atoms with E-state index in [1.54, 1.807) is 0 Å². The summed E-state index contributed by atoms with van der Waals surface area (Å²) < 4.78 is 10.7. The normalized spacial score (nSPS) is 13.1. The van der Waals surface area contributed by atoms with Crippen LogP contribution in [-0.2, 0) is 12.8 Å². The summed E-state index contributed by atoms with van der Waals surface area (Å²) in [6.45, 7) is 2.39. The Labute approximate surface area is 118 Å². The molecule has 0 saturated heterocycles. The summed E-state index contributed by atoms with van der Waals surface area (Å²) in [5.74, 6) is 1.71. The van der Waals surface area contributed by atoms with Gasteiger partial charge in [0.05, 0.1) is 6.20 Å². The Hall–Kier alpha value is -2.01.